The van der Waals surface area contributed by atoms with Crippen molar-refractivity contribution in [2.45, 2.75) is 38.5 Å². The van der Waals surface area contributed by atoms with Gasteiger partial charge in [0.15, 0.2) is 11.6 Å². The topological polar surface area (TPSA) is 154 Å². The number of hydrazine groups is 1. The molecular weight excluding hydrogens is 612 g/mol. The van der Waals surface area contributed by atoms with Gasteiger partial charge in [-0.2, -0.15) is 0 Å². The van der Waals surface area contributed by atoms with Gasteiger partial charge in [0.25, 0.3) is 5.11 Å². The van der Waals surface area contributed by atoms with E-state index in [9.17, 15) is 29.1 Å². The van der Waals surface area contributed by atoms with E-state index in [0.717, 1.165) is 18.9 Å². The molecule has 13 nitrogen and oxygen atoms in total. The molecule has 45 heavy (non-hydrogen) atoms. The quantitative estimate of drug-likeness (QED) is 0.125. The predicted molar refractivity (Wildman–Crippen MR) is 167 cm³/mol. The van der Waals surface area contributed by atoms with Crippen molar-refractivity contribution in [3.05, 3.63) is 62.8 Å². The maximum Gasteiger partial charge on any atom is 0.341 e. The minimum atomic E-state index is -1.38. The number of hydrogen-bond donors (Lipinski definition) is 4. The highest BCUT2D eigenvalue weighted by molar-refractivity contribution is 7.80. The van der Waals surface area contributed by atoms with Gasteiger partial charge in [-0.1, -0.05) is 0 Å². The second-order valence-corrected chi connectivity index (χ2v) is 11.5. The van der Waals surface area contributed by atoms with E-state index in [1.165, 1.54) is 31.5 Å². The first-order valence-electron chi connectivity index (χ1n) is 14.1. The van der Waals surface area contributed by atoms with Crippen LogP contribution in [0.1, 0.15) is 36.2 Å². The van der Waals surface area contributed by atoms with Crippen LogP contribution in [-0.2, 0) is 6.67 Å². The first-order valence-corrected chi connectivity index (χ1v) is 14.5. The van der Waals surface area contributed by atoms with E-state index >= 15 is 4.39 Å². The molecule has 1 atom stereocenters. The molecule has 2 aliphatic rings. The van der Waals surface area contributed by atoms with Crippen LogP contribution in [0.2, 0.25) is 0 Å². The number of pyridine rings is 1. The number of methoxy groups -OCH3 is 1. The highest BCUT2D eigenvalue weighted by Crippen LogP contribution is 2.44. The minimum Gasteiger partial charge on any atom is -0.493 e. The molecule has 3 heterocycles. The van der Waals surface area contributed by atoms with Gasteiger partial charge in [-0.3, -0.25) is 25.1 Å². The molecule has 0 amide bonds. The third-order valence-corrected chi connectivity index (χ3v) is 8.53. The second-order valence-electron chi connectivity index (χ2n) is 11.1. The number of hydrogen-bond acceptors (Lipinski definition) is 9. The molecular formula is C29H29F2N7O6S. The van der Waals surface area contributed by atoms with Crippen molar-refractivity contribution < 1.29 is 28.5 Å². The molecule has 16 heteroatoms. The SMILES string of the molecule is COc1c(N2CCN(Cn3c(O)c(NNC(=S)N=O)c4cc(F)ccc43)C(C)C2)c(F)cc2c(=O)c(C(=O)O)cn(C3CC3)c12. The Morgan fingerprint density at radius 1 is 1.20 bits per heavy atom. The highest BCUT2D eigenvalue weighted by Gasteiger charge is 2.34. The number of aromatic nitrogens is 2. The number of nitrogens with zero attached hydrogens (tertiary/aromatic N) is 5. The van der Waals surface area contributed by atoms with E-state index in [1.807, 2.05) is 11.8 Å². The van der Waals surface area contributed by atoms with Gasteiger partial charge in [0.1, 0.15) is 22.8 Å². The van der Waals surface area contributed by atoms with Crippen LogP contribution in [0.5, 0.6) is 11.6 Å². The summed E-state index contributed by atoms with van der Waals surface area (Å²) in [7, 11) is 1.39. The Hall–Kier alpha value is -4.83. The molecule has 1 aliphatic carbocycles. The molecule has 0 radical (unpaired) electrons. The van der Waals surface area contributed by atoms with Gasteiger partial charge in [0.05, 0.1) is 30.2 Å². The van der Waals surface area contributed by atoms with E-state index in [0.29, 0.717) is 36.1 Å². The van der Waals surface area contributed by atoms with Crippen molar-refractivity contribution in [1.29, 1.82) is 0 Å². The van der Waals surface area contributed by atoms with Crippen molar-refractivity contribution in [3.63, 3.8) is 0 Å². The number of piperazine rings is 1. The molecule has 1 saturated carbocycles. The summed E-state index contributed by atoms with van der Waals surface area (Å²) in [5.41, 5.74) is 4.98. The van der Waals surface area contributed by atoms with Crippen LogP contribution in [-0.4, -0.2) is 68.1 Å². The van der Waals surface area contributed by atoms with Gasteiger partial charge in [-0.05, 0) is 56.2 Å². The van der Waals surface area contributed by atoms with E-state index in [4.69, 9.17) is 17.0 Å². The fourth-order valence-corrected chi connectivity index (χ4v) is 6.08. The largest absolute Gasteiger partial charge is 0.493 e. The van der Waals surface area contributed by atoms with Gasteiger partial charge in [-0.15, -0.1) is 4.91 Å². The van der Waals surface area contributed by atoms with Crippen LogP contribution in [0.4, 0.5) is 20.2 Å². The standard InChI is InChI=1S/C29H29F2N7O6S/c1-14-11-35(24-20(31)10-18-23(26(24)44-2)37(16-4-5-16)12-19(25(18)39)28(41)42)7-8-36(14)13-38-21-6-3-15(30)9-17(21)22(27(38)40)32-33-29(45)34-43/h3,6,9-10,12,14,16,32,40H,4-5,7-8,11,13H2,1-2H3,(H,33,45)(H,41,42). The second kappa shape index (κ2) is 11.6. The van der Waals surface area contributed by atoms with Gasteiger partial charge in [0, 0.05) is 48.5 Å². The zero-order chi connectivity index (χ0) is 32.2. The molecule has 1 saturated heterocycles. The fourth-order valence-electron chi connectivity index (χ4n) is 6.03. The number of fused-ring (bicyclic) bond motifs is 2. The van der Waals surface area contributed by atoms with Gasteiger partial charge < -0.3 is 24.4 Å². The number of benzene rings is 2. The van der Waals surface area contributed by atoms with Crippen LogP contribution in [0, 0.1) is 16.5 Å². The lowest BCUT2D eigenvalue weighted by Gasteiger charge is -2.41. The smallest absolute Gasteiger partial charge is 0.341 e. The summed E-state index contributed by atoms with van der Waals surface area (Å²) < 4.78 is 39.0. The average Bonchev–Trinajstić information content (AvgIpc) is 3.82. The Morgan fingerprint density at radius 3 is 2.60 bits per heavy atom. The number of ether oxygens (including phenoxy) is 1. The summed E-state index contributed by atoms with van der Waals surface area (Å²) in [5.74, 6) is -2.68. The van der Waals surface area contributed by atoms with Gasteiger partial charge in [0.2, 0.25) is 11.3 Å². The Labute approximate surface area is 259 Å². The molecule has 6 rings (SSSR count). The summed E-state index contributed by atoms with van der Waals surface area (Å²) in [6.07, 6.45) is 2.91. The van der Waals surface area contributed by atoms with E-state index in [2.05, 4.69) is 20.9 Å². The maximum absolute atomic E-state index is 15.9. The van der Waals surface area contributed by atoms with Crippen molar-refractivity contribution >= 4 is 56.5 Å². The van der Waals surface area contributed by atoms with Crippen molar-refractivity contribution in [2.24, 2.45) is 5.18 Å². The third kappa shape index (κ3) is 5.29. The Morgan fingerprint density at radius 2 is 1.96 bits per heavy atom. The number of rotatable bonds is 8. The summed E-state index contributed by atoms with van der Waals surface area (Å²) >= 11 is 4.74. The highest BCUT2D eigenvalue weighted by atomic mass is 32.1. The molecule has 4 aromatic rings. The molecule has 1 aliphatic heterocycles. The first kappa shape index (κ1) is 30.2. The fraction of sp³-hybridized carbons (Fsp3) is 0.345. The minimum absolute atomic E-state index is 0.0217. The molecule has 2 fully saturated rings. The summed E-state index contributed by atoms with van der Waals surface area (Å²) in [5, 5.41) is 23.2. The lowest BCUT2D eigenvalue weighted by atomic mass is 10.1. The maximum atomic E-state index is 15.9. The number of carboxylic acid groups (broad SMARTS) is 1. The van der Waals surface area contributed by atoms with Crippen molar-refractivity contribution in [1.82, 2.24) is 19.5 Å². The van der Waals surface area contributed by atoms with Gasteiger partial charge in [-0.25, -0.2) is 13.6 Å². The van der Waals surface area contributed by atoms with Crippen molar-refractivity contribution in [2.75, 3.05) is 37.1 Å². The van der Waals surface area contributed by atoms with E-state index < -0.39 is 33.7 Å². The average molecular weight is 642 g/mol. The van der Waals surface area contributed by atoms with E-state index in [1.54, 1.807) is 9.13 Å². The molecule has 1 unspecified atom stereocenters. The summed E-state index contributed by atoms with van der Waals surface area (Å²) in [6, 6.07) is 4.92. The zero-order valence-electron chi connectivity index (χ0n) is 24.2. The van der Waals surface area contributed by atoms with Gasteiger partial charge >= 0.3 is 5.97 Å². The van der Waals surface area contributed by atoms with Crippen LogP contribution in [0.3, 0.4) is 0 Å². The molecule has 2 aromatic carbocycles. The predicted octanol–water partition coefficient (Wildman–Crippen LogP) is 4.12. The van der Waals surface area contributed by atoms with E-state index in [-0.39, 0.29) is 47.1 Å². The van der Waals surface area contributed by atoms with Crippen LogP contribution in [0.15, 0.2) is 40.4 Å². The number of carbonyl (C=O) groups is 1. The monoisotopic (exact) mass is 641 g/mol. The Kier molecular flexibility index (Phi) is 7.78. The van der Waals surface area contributed by atoms with Crippen LogP contribution >= 0.6 is 12.2 Å². The molecule has 2 aromatic heterocycles. The number of aromatic carboxylic acids is 1. The number of nitroso groups, excluding NO2 is 1. The summed E-state index contributed by atoms with van der Waals surface area (Å²) in [4.78, 5) is 39.4. The molecule has 236 valence electrons. The molecule has 4 N–H and O–H groups in total. The normalized spacial score (nSPS) is 17.1. The Bertz CT molecular complexity index is 1940. The Balaban J connectivity index is 1.32. The first-order chi connectivity index (χ1) is 21.5. The molecule has 0 bridgehead atoms. The van der Waals surface area contributed by atoms with Crippen molar-refractivity contribution in [3.8, 4) is 11.6 Å². The van der Waals surface area contributed by atoms with Crippen LogP contribution in [0.25, 0.3) is 21.8 Å². The number of nitrogens with one attached hydrogen (secondary N) is 2. The third-order valence-electron chi connectivity index (χ3n) is 8.35. The number of carboxylic acids is 1. The number of thiocarbonyl (C=S) groups is 1. The number of halogens is 2. The molecule has 0 spiro atoms. The number of anilines is 2. The lowest BCUT2D eigenvalue weighted by molar-refractivity contribution is 0.0694. The van der Waals surface area contributed by atoms with Crippen LogP contribution < -0.4 is 25.9 Å². The lowest BCUT2D eigenvalue weighted by Crippen LogP contribution is -2.52. The summed E-state index contributed by atoms with van der Waals surface area (Å²) in [6.45, 7) is 3.26. The zero-order valence-corrected chi connectivity index (χ0v) is 25.0. The number of aromatic hydroxyl groups is 1.